The van der Waals surface area contributed by atoms with Crippen LogP contribution in [0.2, 0.25) is 0 Å². The number of halogens is 1. The highest BCUT2D eigenvalue weighted by molar-refractivity contribution is 9.10. The van der Waals surface area contributed by atoms with Gasteiger partial charge in [0.25, 0.3) is 0 Å². The van der Waals surface area contributed by atoms with E-state index in [2.05, 4.69) is 30.8 Å². The summed E-state index contributed by atoms with van der Waals surface area (Å²) in [6.45, 7) is 4.71. The summed E-state index contributed by atoms with van der Waals surface area (Å²) < 4.78 is 3.12. The molecule has 124 valence electrons. The summed E-state index contributed by atoms with van der Waals surface area (Å²) in [6, 6.07) is 8.09. The summed E-state index contributed by atoms with van der Waals surface area (Å²) in [5.74, 6) is 0.307. The highest BCUT2D eigenvalue weighted by Gasteiger charge is 2.18. The zero-order chi connectivity index (χ0) is 16.5. The fourth-order valence-corrected chi connectivity index (χ4v) is 2.90. The third-order valence-electron chi connectivity index (χ3n) is 3.95. The number of Topliss-reactive ketones (excluding diaryl/α,β-unsaturated/α-hetero) is 1. The standard InChI is InChI=1S/C18H24BrN3O/c1-2-18(23)17(15-4-6-16(19)7-5-15)8-10-20-9-3-12-22-13-11-21-14-22/h4-7,11,13-14,17,20H,2-3,8-10,12H2,1H3/t17-/m1/s1. The normalized spacial score (nSPS) is 12.3. The van der Waals surface area contributed by atoms with Crippen molar-refractivity contribution in [2.24, 2.45) is 0 Å². The molecule has 0 aliphatic heterocycles. The summed E-state index contributed by atoms with van der Waals surface area (Å²) in [6.07, 6.45) is 8.10. The number of carbonyl (C=O) groups is 1. The van der Waals surface area contributed by atoms with E-state index in [-0.39, 0.29) is 5.92 Å². The Morgan fingerprint density at radius 3 is 2.74 bits per heavy atom. The molecular weight excluding hydrogens is 354 g/mol. The molecule has 0 saturated heterocycles. The lowest BCUT2D eigenvalue weighted by molar-refractivity contribution is -0.120. The average molecular weight is 378 g/mol. The van der Waals surface area contributed by atoms with Gasteiger partial charge in [0.2, 0.25) is 0 Å². The van der Waals surface area contributed by atoms with Gasteiger partial charge in [-0.15, -0.1) is 0 Å². The predicted molar refractivity (Wildman–Crippen MR) is 96.5 cm³/mol. The predicted octanol–water partition coefficient (Wildman–Crippen LogP) is 3.78. The Morgan fingerprint density at radius 1 is 1.30 bits per heavy atom. The van der Waals surface area contributed by atoms with Crippen molar-refractivity contribution in [2.45, 2.75) is 38.6 Å². The van der Waals surface area contributed by atoms with Gasteiger partial charge in [-0.1, -0.05) is 35.0 Å². The van der Waals surface area contributed by atoms with Gasteiger partial charge >= 0.3 is 0 Å². The van der Waals surface area contributed by atoms with E-state index in [4.69, 9.17) is 0 Å². The molecule has 0 amide bonds. The first-order valence-corrected chi connectivity index (χ1v) is 8.94. The van der Waals surface area contributed by atoms with Crippen LogP contribution in [-0.2, 0) is 11.3 Å². The Bertz CT molecular complexity index is 581. The van der Waals surface area contributed by atoms with Crippen LogP contribution in [0.4, 0.5) is 0 Å². The van der Waals surface area contributed by atoms with Gasteiger partial charge in [-0.25, -0.2) is 4.98 Å². The zero-order valence-electron chi connectivity index (χ0n) is 13.5. The van der Waals surface area contributed by atoms with Crippen molar-refractivity contribution < 1.29 is 4.79 Å². The maximum absolute atomic E-state index is 12.2. The summed E-state index contributed by atoms with van der Waals surface area (Å²) in [5, 5.41) is 3.44. The molecule has 1 heterocycles. The van der Waals surface area contributed by atoms with Crippen LogP contribution in [0.1, 0.15) is 37.7 Å². The minimum atomic E-state index is -0.00533. The van der Waals surface area contributed by atoms with Crippen molar-refractivity contribution in [3.8, 4) is 0 Å². The number of nitrogens with zero attached hydrogens (tertiary/aromatic N) is 2. The lowest BCUT2D eigenvalue weighted by atomic mass is 9.90. The highest BCUT2D eigenvalue weighted by atomic mass is 79.9. The lowest BCUT2D eigenvalue weighted by Crippen LogP contribution is -2.22. The largest absolute Gasteiger partial charge is 0.337 e. The maximum Gasteiger partial charge on any atom is 0.140 e. The monoisotopic (exact) mass is 377 g/mol. The molecule has 0 aliphatic carbocycles. The van der Waals surface area contributed by atoms with Crippen molar-refractivity contribution in [3.63, 3.8) is 0 Å². The number of aromatic nitrogens is 2. The Balaban J connectivity index is 1.75. The van der Waals surface area contributed by atoms with E-state index in [9.17, 15) is 4.79 Å². The van der Waals surface area contributed by atoms with Crippen LogP contribution in [-0.4, -0.2) is 28.4 Å². The summed E-state index contributed by atoms with van der Waals surface area (Å²) in [4.78, 5) is 16.3. The van der Waals surface area contributed by atoms with Crippen molar-refractivity contribution >= 4 is 21.7 Å². The molecule has 4 nitrogen and oxygen atoms in total. The van der Waals surface area contributed by atoms with E-state index in [0.29, 0.717) is 12.2 Å². The van der Waals surface area contributed by atoms with Gasteiger partial charge in [-0.3, -0.25) is 4.79 Å². The first-order valence-electron chi connectivity index (χ1n) is 8.15. The molecule has 1 aromatic heterocycles. The fraction of sp³-hybridized carbons (Fsp3) is 0.444. The molecule has 0 fully saturated rings. The average Bonchev–Trinajstić information content (AvgIpc) is 3.08. The minimum absolute atomic E-state index is 0.00533. The van der Waals surface area contributed by atoms with Gasteiger partial charge in [-0.05, 0) is 43.6 Å². The van der Waals surface area contributed by atoms with Crippen LogP contribution in [0.25, 0.3) is 0 Å². The van der Waals surface area contributed by atoms with Crippen LogP contribution >= 0.6 is 15.9 Å². The number of benzene rings is 1. The van der Waals surface area contributed by atoms with Crippen LogP contribution in [0.15, 0.2) is 47.5 Å². The number of imidazole rings is 1. The van der Waals surface area contributed by atoms with Gasteiger partial charge in [0.15, 0.2) is 0 Å². The highest BCUT2D eigenvalue weighted by Crippen LogP contribution is 2.23. The molecule has 1 N–H and O–H groups in total. The molecule has 5 heteroatoms. The van der Waals surface area contributed by atoms with Crippen molar-refractivity contribution in [2.75, 3.05) is 13.1 Å². The Morgan fingerprint density at radius 2 is 2.09 bits per heavy atom. The molecular formula is C18H24BrN3O. The van der Waals surface area contributed by atoms with E-state index in [0.717, 1.165) is 42.5 Å². The number of ketones is 1. The fourth-order valence-electron chi connectivity index (χ4n) is 2.63. The Labute approximate surface area is 146 Å². The second kappa shape index (κ2) is 9.63. The van der Waals surface area contributed by atoms with Crippen molar-refractivity contribution in [1.29, 1.82) is 0 Å². The second-order valence-electron chi connectivity index (χ2n) is 5.62. The van der Waals surface area contributed by atoms with Gasteiger partial charge in [0.05, 0.1) is 6.33 Å². The number of hydrogen-bond acceptors (Lipinski definition) is 3. The molecule has 2 aromatic rings. The maximum atomic E-state index is 12.2. The summed E-state index contributed by atoms with van der Waals surface area (Å²) >= 11 is 3.44. The van der Waals surface area contributed by atoms with Gasteiger partial charge in [0.1, 0.15) is 5.78 Å². The lowest BCUT2D eigenvalue weighted by Gasteiger charge is -2.16. The van der Waals surface area contributed by atoms with Gasteiger partial charge < -0.3 is 9.88 Å². The molecule has 1 aromatic carbocycles. The van der Waals surface area contributed by atoms with E-state index >= 15 is 0 Å². The van der Waals surface area contributed by atoms with Gasteiger partial charge in [0, 0.05) is 35.7 Å². The van der Waals surface area contributed by atoms with Crippen LogP contribution in [0, 0.1) is 0 Å². The van der Waals surface area contributed by atoms with Crippen LogP contribution in [0.5, 0.6) is 0 Å². The third kappa shape index (κ3) is 5.92. The Kier molecular flexibility index (Phi) is 7.49. The van der Waals surface area contributed by atoms with Crippen LogP contribution in [0.3, 0.4) is 0 Å². The molecule has 0 unspecified atom stereocenters. The van der Waals surface area contributed by atoms with E-state index in [1.54, 1.807) is 6.20 Å². The number of nitrogens with one attached hydrogen (secondary N) is 1. The smallest absolute Gasteiger partial charge is 0.140 e. The first-order chi connectivity index (χ1) is 11.2. The molecule has 2 rings (SSSR count). The molecule has 0 saturated carbocycles. The summed E-state index contributed by atoms with van der Waals surface area (Å²) in [5.41, 5.74) is 1.11. The van der Waals surface area contributed by atoms with E-state index < -0.39 is 0 Å². The van der Waals surface area contributed by atoms with E-state index in [1.165, 1.54) is 0 Å². The molecule has 0 aliphatic rings. The Hall–Kier alpha value is -1.46. The van der Waals surface area contributed by atoms with E-state index in [1.807, 2.05) is 43.7 Å². The molecule has 0 bridgehead atoms. The number of rotatable bonds is 10. The quantitative estimate of drug-likeness (QED) is 0.640. The van der Waals surface area contributed by atoms with Crippen LogP contribution < -0.4 is 5.32 Å². The van der Waals surface area contributed by atoms with Crippen molar-refractivity contribution in [1.82, 2.24) is 14.9 Å². The first kappa shape index (κ1) is 17.9. The third-order valence-corrected chi connectivity index (χ3v) is 4.48. The minimum Gasteiger partial charge on any atom is -0.337 e. The second-order valence-corrected chi connectivity index (χ2v) is 6.53. The SMILES string of the molecule is CCC(=O)[C@H](CCNCCCn1ccnc1)c1ccc(Br)cc1. The topological polar surface area (TPSA) is 46.9 Å². The molecule has 1 atom stereocenters. The summed E-state index contributed by atoms with van der Waals surface area (Å²) in [7, 11) is 0. The van der Waals surface area contributed by atoms with Crippen molar-refractivity contribution in [3.05, 3.63) is 53.0 Å². The zero-order valence-corrected chi connectivity index (χ0v) is 15.1. The number of hydrogen-bond donors (Lipinski definition) is 1. The van der Waals surface area contributed by atoms with Gasteiger partial charge in [-0.2, -0.15) is 0 Å². The molecule has 23 heavy (non-hydrogen) atoms. The number of carbonyl (C=O) groups excluding carboxylic acids is 1. The molecule has 0 radical (unpaired) electrons. The molecule has 0 spiro atoms. The number of aryl methyl sites for hydroxylation is 1.